The maximum absolute atomic E-state index is 5.27. The SMILES string of the molecule is CC(=S)OCC[Si](C)(C)CCBr. The van der Waals surface area contributed by atoms with Gasteiger partial charge in [0.1, 0.15) is 0 Å². The fraction of sp³-hybridized carbons (Fsp3) is 0.875. The molecule has 0 saturated heterocycles. The van der Waals surface area contributed by atoms with Crippen molar-refractivity contribution in [3.63, 3.8) is 0 Å². The summed E-state index contributed by atoms with van der Waals surface area (Å²) in [4.78, 5) is 0. The second kappa shape index (κ2) is 6.10. The molecule has 1 nitrogen and oxygen atoms in total. The van der Waals surface area contributed by atoms with Crippen LogP contribution in [-0.4, -0.2) is 25.1 Å². The van der Waals surface area contributed by atoms with Gasteiger partial charge < -0.3 is 4.74 Å². The molecule has 0 aliphatic rings. The van der Waals surface area contributed by atoms with Crippen LogP contribution in [0.25, 0.3) is 0 Å². The van der Waals surface area contributed by atoms with Crippen molar-refractivity contribution >= 4 is 41.3 Å². The first-order chi connectivity index (χ1) is 5.48. The predicted molar refractivity (Wildman–Crippen MR) is 65.1 cm³/mol. The van der Waals surface area contributed by atoms with Gasteiger partial charge in [-0.05, 0) is 24.3 Å². The lowest BCUT2D eigenvalue weighted by Gasteiger charge is -2.20. The Labute approximate surface area is 90.0 Å². The van der Waals surface area contributed by atoms with Gasteiger partial charge in [-0.3, -0.25) is 0 Å². The fourth-order valence-corrected chi connectivity index (χ4v) is 5.57. The number of hydrogen-bond acceptors (Lipinski definition) is 2. The molecule has 72 valence electrons. The summed E-state index contributed by atoms with van der Waals surface area (Å²) < 4.78 is 5.27. The third kappa shape index (κ3) is 7.25. The van der Waals surface area contributed by atoms with Gasteiger partial charge in [0.25, 0.3) is 0 Å². The number of halogens is 1. The predicted octanol–water partition coefficient (Wildman–Crippen LogP) is 3.45. The Hall–Kier alpha value is 0.587. The van der Waals surface area contributed by atoms with E-state index in [1.165, 1.54) is 12.1 Å². The van der Waals surface area contributed by atoms with Gasteiger partial charge in [-0.2, -0.15) is 0 Å². The second-order valence-corrected chi connectivity index (χ2v) is 10.4. The zero-order valence-electron chi connectivity index (χ0n) is 8.02. The standard InChI is InChI=1S/C8H17BrOSSi/c1-8(11)10-5-7-12(2,3)6-4-9/h4-7H2,1-3H3. The first kappa shape index (κ1) is 12.6. The molecule has 0 fully saturated rings. The molecule has 0 heterocycles. The highest BCUT2D eigenvalue weighted by molar-refractivity contribution is 9.09. The van der Waals surface area contributed by atoms with Crippen molar-refractivity contribution in [3.05, 3.63) is 0 Å². The van der Waals surface area contributed by atoms with Gasteiger partial charge in [0.2, 0.25) is 0 Å². The van der Waals surface area contributed by atoms with E-state index in [2.05, 4.69) is 29.0 Å². The Morgan fingerprint density at radius 2 is 2.00 bits per heavy atom. The minimum Gasteiger partial charge on any atom is -0.488 e. The van der Waals surface area contributed by atoms with E-state index in [9.17, 15) is 0 Å². The van der Waals surface area contributed by atoms with Crippen molar-refractivity contribution in [1.29, 1.82) is 0 Å². The van der Waals surface area contributed by atoms with Crippen LogP contribution in [-0.2, 0) is 4.74 Å². The number of thiocarbonyl (C=S) groups is 1. The molecule has 0 aliphatic heterocycles. The Morgan fingerprint density at radius 1 is 1.42 bits per heavy atom. The van der Waals surface area contributed by atoms with Gasteiger partial charge in [-0.15, -0.1) is 0 Å². The molecule has 0 aromatic rings. The summed E-state index contributed by atoms with van der Waals surface area (Å²) in [6.07, 6.45) is 0. The highest BCUT2D eigenvalue weighted by atomic mass is 79.9. The monoisotopic (exact) mass is 268 g/mol. The summed E-state index contributed by atoms with van der Waals surface area (Å²) in [5.41, 5.74) is 0. The normalized spacial score (nSPS) is 11.3. The molecular formula is C8H17BrOSSi. The molecule has 0 bridgehead atoms. The lowest BCUT2D eigenvalue weighted by atomic mass is 10.8. The van der Waals surface area contributed by atoms with Gasteiger partial charge in [0.15, 0.2) is 5.05 Å². The maximum atomic E-state index is 5.27. The summed E-state index contributed by atoms with van der Waals surface area (Å²) >= 11 is 8.31. The molecule has 0 unspecified atom stereocenters. The molecule has 0 spiro atoms. The van der Waals surface area contributed by atoms with Crippen molar-refractivity contribution in [2.45, 2.75) is 32.1 Å². The molecule has 0 amide bonds. The summed E-state index contributed by atoms with van der Waals surface area (Å²) in [5.74, 6) is 0. The van der Waals surface area contributed by atoms with E-state index < -0.39 is 8.07 Å². The van der Waals surface area contributed by atoms with Crippen molar-refractivity contribution in [1.82, 2.24) is 0 Å². The molecule has 0 saturated carbocycles. The molecule has 0 aromatic carbocycles. The number of alkyl halides is 1. The van der Waals surface area contributed by atoms with E-state index in [4.69, 9.17) is 17.0 Å². The van der Waals surface area contributed by atoms with E-state index in [1.54, 1.807) is 0 Å². The van der Waals surface area contributed by atoms with Crippen molar-refractivity contribution in [2.24, 2.45) is 0 Å². The molecule has 0 radical (unpaired) electrons. The summed E-state index contributed by atoms with van der Waals surface area (Å²) in [5, 5.41) is 1.78. The molecule has 0 atom stereocenters. The summed E-state index contributed by atoms with van der Waals surface area (Å²) in [6.45, 7) is 7.41. The maximum Gasteiger partial charge on any atom is 0.156 e. The lowest BCUT2D eigenvalue weighted by molar-refractivity contribution is 0.332. The van der Waals surface area contributed by atoms with Crippen LogP contribution in [0.4, 0.5) is 0 Å². The zero-order valence-corrected chi connectivity index (χ0v) is 11.4. The van der Waals surface area contributed by atoms with Crippen LogP contribution in [0.1, 0.15) is 6.92 Å². The number of hydrogen-bond donors (Lipinski definition) is 0. The topological polar surface area (TPSA) is 9.23 Å². The Balaban J connectivity index is 3.53. The van der Waals surface area contributed by atoms with Gasteiger partial charge in [0.05, 0.1) is 14.7 Å². The molecule has 0 aliphatic carbocycles. The van der Waals surface area contributed by atoms with E-state index >= 15 is 0 Å². The molecule has 0 N–H and O–H groups in total. The molecule has 0 aromatic heterocycles. The summed E-state index contributed by atoms with van der Waals surface area (Å²) in [6, 6.07) is 2.51. The zero-order chi connectivity index (χ0) is 9.61. The Kier molecular flexibility index (Phi) is 6.40. The molecule has 12 heavy (non-hydrogen) atoms. The summed E-state index contributed by atoms with van der Waals surface area (Å²) in [7, 11) is -1.00. The Morgan fingerprint density at radius 3 is 2.42 bits per heavy atom. The van der Waals surface area contributed by atoms with Gasteiger partial charge in [-0.25, -0.2) is 0 Å². The average molecular weight is 269 g/mol. The first-order valence-electron chi connectivity index (χ1n) is 4.17. The average Bonchev–Trinajstić information content (AvgIpc) is 1.85. The lowest BCUT2D eigenvalue weighted by Crippen LogP contribution is -2.27. The highest BCUT2D eigenvalue weighted by Gasteiger charge is 2.19. The third-order valence-corrected chi connectivity index (χ3v) is 6.26. The highest BCUT2D eigenvalue weighted by Crippen LogP contribution is 2.16. The van der Waals surface area contributed by atoms with Crippen molar-refractivity contribution in [2.75, 3.05) is 11.9 Å². The van der Waals surface area contributed by atoms with Gasteiger partial charge >= 0.3 is 0 Å². The number of rotatable bonds is 5. The van der Waals surface area contributed by atoms with Crippen LogP contribution in [0.15, 0.2) is 0 Å². The second-order valence-electron chi connectivity index (χ2n) is 3.69. The molecule has 0 rings (SSSR count). The first-order valence-corrected chi connectivity index (χ1v) is 9.12. The Bertz CT molecular complexity index is 150. The fourth-order valence-electron chi connectivity index (χ4n) is 0.852. The van der Waals surface area contributed by atoms with E-state index in [0.29, 0.717) is 5.05 Å². The van der Waals surface area contributed by atoms with Crippen LogP contribution < -0.4 is 0 Å². The van der Waals surface area contributed by atoms with Gasteiger partial charge in [0, 0.05) is 12.3 Å². The minimum absolute atomic E-state index is 0.665. The molecule has 4 heteroatoms. The van der Waals surface area contributed by atoms with E-state index in [-0.39, 0.29) is 0 Å². The van der Waals surface area contributed by atoms with Crippen molar-refractivity contribution in [3.8, 4) is 0 Å². The van der Waals surface area contributed by atoms with Crippen LogP contribution in [0.3, 0.4) is 0 Å². The number of ether oxygens (including phenoxy) is 1. The van der Waals surface area contributed by atoms with Crippen LogP contribution in [0.5, 0.6) is 0 Å². The van der Waals surface area contributed by atoms with Crippen LogP contribution in [0, 0.1) is 0 Å². The van der Waals surface area contributed by atoms with Gasteiger partial charge in [-0.1, -0.05) is 29.0 Å². The molecular weight excluding hydrogens is 252 g/mol. The van der Waals surface area contributed by atoms with Crippen LogP contribution >= 0.6 is 28.1 Å². The van der Waals surface area contributed by atoms with E-state index in [1.807, 2.05) is 6.92 Å². The third-order valence-electron chi connectivity index (χ3n) is 1.86. The largest absolute Gasteiger partial charge is 0.488 e. The quantitative estimate of drug-likeness (QED) is 0.429. The minimum atomic E-state index is -1.00. The van der Waals surface area contributed by atoms with E-state index in [0.717, 1.165) is 11.9 Å². The smallest absolute Gasteiger partial charge is 0.156 e. The van der Waals surface area contributed by atoms with Crippen LogP contribution in [0.2, 0.25) is 25.2 Å². The van der Waals surface area contributed by atoms with Crippen molar-refractivity contribution < 1.29 is 4.74 Å².